The highest BCUT2D eigenvalue weighted by Crippen LogP contribution is 2.35. The molecule has 8 nitrogen and oxygen atoms in total. The molecule has 2 aliphatic heterocycles. The molecule has 0 spiro atoms. The van der Waals surface area contributed by atoms with Crippen molar-refractivity contribution < 1.29 is 38.3 Å². The lowest BCUT2D eigenvalue weighted by Crippen LogP contribution is -3.17. The van der Waals surface area contributed by atoms with Gasteiger partial charge >= 0.3 is 19.3 Å². The minimum absolute atomic E-state index is 0.0458. The number of hydrogen-bond donors (Lipinski definition) is 3. The van der Waals surface area contributed by atoms with Gasteiger partial charge in [-0.25, -0.2) is 9.59 Å². The number of esters is 2. The molecule has 2 rings (SSSR count). The Morgan fingerprint density at radius 2 is 1.39 bits per heavy atom. The largest absolute Gasteiger partial charge is 0.465 e. The summed E-state index contributed by atoms with van der Waals surface area (Å²) in [5, 5.41) is 0. The first-order valence-electron chi connectivity index (χ1n) is 8.03. The van der Waals surface area contributed by atoms with Gasteiger partial charge in [-0.05, 0) is 0 Å². The van der Waals surface area contributed by atoms with E-state index in [-0.39, 0.29) is 36.6 Å². The van der Waals surface area contributed by atoms with Crippen LogP contribution in [0.4, 0.5) is 0 Å². The summed E-state index contributed by atoms with van der Waals surface area (Å²) in [6, 6.07) is -0.712. The number of hydrogen-bond acceptors (Lipinski definition) is 5. The van der Waals surface area contributed by atoms with E-state index in [1.807, 2.05) is 0 Å². The Morgan fingerprint density at radius 3 is 1.74 bits per heavy atom. The molecule has 0 aliphatic carbocycles. The molecule has 132 valence electrons. The molecule has 0 amide bonds. The smallest absolute Gasteiger partial charge is 0.364 e. The molecule has 2 heterocycles. The highest BCUT2D eigenvalue weighted by atomic mass is 31.2. The molecule has 5 atom stereocenters. The van der Waals surface area contributed by atoms with Gasteiger partial charge in [-0.3, -0.25) is 4.57 Å². The molecule has 2 saturated heterocycles. The topological polar surface area (TPSA) is 98.8 Å². The lowest BCUT2D eigenvalue weighted by Gasteiger charge is -2.25. The summed E-state index contributed by atoms with van der Waals surface area (Å²) >= 11 is 0. The van der Waals surface area contributed by atoms with E-state index in [0.717, 1.165) is 22.6 Å². The van der Waals surface area contributed by atoms with Crippen LogP contribution in [0.15, 0.2) is 0 Å². The zero-order valence-corrected chi connectivity index (χ0v) is 14.6. The highest BCUT2D eigenvalue weighted by molar-refractivity contribution is 7.57. The van der Waals surface area contributed by atoms with Gasteiger partial charge in [-0.15, -0.1) is 0 Å². The first kappa shape index (κ1) is 18.4. The van der Waals surface area contributed by atoms with Crippen LogP contribution in [-0.2, 0) is 23.6 Å². The van der Waals surface area contributed by atoms with Crippen LogP contribution in [0.25, 0.3) is 0 Å². The van der Waals surface area contributed by atoms with Crippen molar-refractivity contribution >= 4 is 19.3 Å². The van der Waals surface area contributed by atoms with Crippen molar-refractivity contribution in [2.75, 3.05) is 39.9 Å². The summed E-state index contributed by atoms with van der Waals surface area (Å²) in [6.45, 7) is 1.39. The maximum absolute atomic E-state index is 12.6. The van der Waals surface area contributed by atoms with E-state index in [0.29, 0.717) is 25.9 Å². The van der Waals surface area contributed by atoms with E-state index in [2.05, 4.69) is 0 Å². The van der Waals surface area contributed by atoms with Crippen LogP contribution in [0.3, 0.4) is 0 Å². The van der Waals surface area contributed by atoms with E-state index in [1.54, 1.807) is 0 Å². The maximum Gasteiger partial charge on any atom is 0.364 e. The maximum atomic E-state index is 12.6. The van der Waals surface area contributed by atoms with Crippen molar-refractivity contribution in [2.45, 2.75) is 37.8 Å². The van der Waals surface area contributed by atoms with Crippen molar-refractivity contribution in [1.29, 1.82) is 0 Å². The van der Waals surface area contributed by atoms with Crippen LogP contribution in [-0.4, -0.2) is 68.8 Å². The second-order valence-electron chi connectivity index (χ2n) is 6.41. The van der Waals surface area contributed by atoms with Crippen molar-refractivity contribution in [3.63, 3.8) is 0 Å². The van der Waals surface area contributed by atoms with Crippen molar-refractivity contribution in [3.05, 3.63) is 0 Å². The molecule has 0 saturated carbocycles. The van der Waals surface area contributed by atoms with E-state index >= 15 is 0 Å². The molecule has 0 aromatic heterocycles. The van der Waals surface area contributed by atoms with E-state index in [9.17, 15) is 19.0 Å². The summed E-state index contributed by atoms with van der Waals surface area (Å²) in [7, 11) is -0.777. The molecular weight excluding hydrogens is 323 g/mol. The highest BCUT2D eigenvalue weighted by Gasteiger charge is 2.44. The number of rotatable bonds is 6. The lowest BCUT2D eigenvalue weighted by molar-refractivity contribution is -0.901. The molecule has 0 aromatic rings. The zero-order chi connectivity index (χ0) is 17.0. The van der Waals surface area contributed by atoms with Gasteiger partial charge in [0, 0.05) is 25.7 Å². The third-order valence-electron chi connectivity index (χ3n) is 4.84. The lowest BCUT2D eigenvalue weighted by atomic mass is 10.2. The first-order valence-corrected chi connectivity index (χ1v) is 10.1. The number of carbonyl (C=O) groups excluding carboxylic acids is 2. The Kier molecular flexibility index (Phi) is 6.19. The Morgan fingerprint density at radius 1 is 1.00 bits per heavy atom. The fourth-order valence-corrected chi connectivity index (χ4v) is 5.88. The van der Waals surface area contributed by atoms with Gasteiger partial charge in [0.1, 0.15) is 0 Å². The van der Waals surface area contributed by atoms with Crippen LogP contribution in [0.2, 0.25) is 0 Å². The van der Waals surface area contributed by atoms with Crippen molar-refractivity contribution in [3.8, 4) is 0 Å². The van der Waals surface area contributed by atoms with Crippen LogP contribution in [0.5, 0.6) is 0 Å². The minimum Gasteiger partial charge on any atom is -0.465 e. The summed E-state index contributed by atoms with van der Waals surface area (Å²) in [5.41, 5.74) is 0. The van der Waals surface area contributed by atoms with Crippen LogP contribution < -0.4 is 9.80 Å². The summed E-state index contributed by atoms with van der Waals surface area (Å²) in [4.78, 5) is 35.5. The van der Waals surface area contributed by atoms with E-state index in [4.69, 9.17) is 9.47 Å². The predicted molar refractivity (Wildman–Crippen MR) is 81.3 cm³/mol. The average molecular weight is 350 g/mol. The van der Waals surface area contributed by atoms with Gasteiger partial charge in [-0.2, -0.15) is 0 Å². The summed E-state index contributed by atoms with van der Waals surface area (Å²) in [6.07, 6.45) is 3.15. The number of quaternary nitrogens is 2. The minimum atomic E-state index is -3.46. The quantitative estimate of drug-likeness (QED) is 0.365. The molecule has 9 heteroatoms. The van der Waals surface area contributed by atoms with Crippen LogP contribution >= 0.6 is 7.37 Å². The van der Waals surface area contributed by atoms with Gasteiger partial charge in [0.2, 0.25) is 0 Å². The number of likely N-dealkylation sites (tertiary alicyclic amines) is 2. The predicted octanol–water partition coefficient (Wildman–Crippen LogP) is -2.39. The molecule has 2 fully saturated rings. The Hall–Kier alpha value is -0.950. The SMILES string of the molecule is COC(=O)[C@H]1CCC[NH+]1CP(=O)(O)C[NH+]1CCC[C@H]1C(=O)OC. The number of ether oxygens (including phenoxy) is 2. The summed E-state index contributed by atoms with van der Waals surface area (Å²) < 4.78 is 22.2. The fourth-order valence-electron chi connectivity index (χ4n) is 3.75. The number of methoxy groups -OCH3 is 2. The first-order chi connectivity index (χ1) is 10.9. The summed E-state index contributed by atoms with van der Waals surface area (Å²) in [5.74, 6) is -0.642. The van der Waals surface area contributed by atoms with Gasteiger partial charge in [0.25, 0.3) is 0 Å². The van der Waals surface area contributed by atoms with Gasteiger partial charge in [-0.1, -0.05) is 0 Å². The fraction of sp³-hybridized carbons (Fsp3) is 0.857. The van der Waals surface area contributed by atoms with Crippen molar-refractivity contribution in [1.82, 2.24) is 0 Å². The zero-order valence-electron chi connectivity index (χ0n) is 13.7. The molecule has 0 bridgehead atoms. The second kappa shape index (κ2) is 7.75. The Bertz CT molecular complexity index is 460. The Balaban J connectivity index is 1.97. The molecule has 0 aromatic carbocycles. The second-order valence-corrected chi connectivity index (χ2v) is 8.74. The molecule has 3 N–H and O–H groups in total. The molecular formula is C14H27N2O6P+2. The van der Waals surface area contributed by atoms with Gasteiger partial charge in [0.05, 0.1) is 27.3 Å². The number of nitrogens with one attached hydrogen (secondary N) is 2. The third kappa shape index (κ3) is 4.53. The standard InChI is InChI=1S/C14H25N2O6P/c1-21-13(17)11-5-3-7-15(11)9-23(19,20)10-16-8-4-6-12(16)14(18)22-2/h11-12H,3-10H2,1-2H3,(H,19,20)/p+2/t11-,12+. The normalized spacial score (nSPS) is 33.2. The average Bonchev–Trinajstić information content (AvgIpc) is 3.14. The molecule has 23 heavy (non-hydrogen) atoms. The Labute approximate surface area is 136 Å². The number of carbonyl (C=O) groups is 2. The van der Waals surface area contributed by atoms with Gasteiger partial charge in [0.15, 0.2) is 24.7 Å². The van der Waals surface area contributed by atoms with Crippen LogP contribution in [0.1, 0.15) is 25.7 Å². The van der Waals surface area contributed by atoms with Crippen LogP contribution in [0, 0.1) is 0 Å². The molecule has 2 aliphatic rings. The van der Waals surface area contributed by atoms with Crippen molar-refractivity contribution in [2.24, 2.45) is 0 Å². The van der Waals surface area contributed by atoms with E-state index in [1.165, 1.54) is 14.2 Å². The molecule has 0 radical (unpaired) electrons. The monoisotopic (exact) mass is 350 g/mol. The molecule has 3 unspecified atom stereocenters. The third-order valence-corrected chi connectivity index (χ3v) is 6.64. The van der Waals surface area contributed by atoms with Gasteiger partial charge < -0.3 is 24.2 Å². The van der Waals surface area contributed by atoms with E-state index < -0.39 is 7.37 Å².